The van der Waals surface area contributed by atoms with Crippen LogP contribution in [0, 0.1) is 0 Å². The molecule has 2 rings (SSSR count). The van der Waals surface area contributed by atoms with Gasteiger partial charge in [0.2, 0.25) is 5.91 Å². The van der Waals surface area contributed by atoms with E-state index in [2.05, 4.69) is 10.6 Å². The second kappa shape index (κ2) is 9.98. The fraction of sp³-hybridized carbons (Fsp3) is 0.250. The summed E-state index contributed by atoms with van der Waals surface area (Å²) in [5, 5.41) is 5.52. The number of hydrogen-bond donors (Lipinski definition) is 2. The van der Waals surface area contributed by atoms with Crippen LogP contribution in [0.5, 0.6) is 0 Å². The average molecular weight is 354 g/mol. The van der Waals surface area contributed by atoms with Crippen LogP contribution in [-0.4, -0.2) is 31.4 Å². The Morgan fingerprint density at radius 1 is 0.962 bits per heavy atom. The van der Waals surface area contributed by atoms with Gasteiger partial charge in [-0.2, -0.15) is 0 Å². The van der Waals surface area contributed by atoms with Crippen molar-refractivity contribution >= 4 is 17.8 Å². The SMILES string of the molecule is COC(=O)C[C@@H](NC(=O)CCNC(=O)c1ccccc1)c1ccccc1. The fourth-order valence-electron chi connectivity index (χ4n) is 2.44. The highest BCUT2D eigenvalue weighted by atomic mass is 16.5. The minimum Gasteiger partial charge on any atom is -0.469 e. The maximum absolute atomic E-state index is 12.2. The molecule has 6 heteroatoms. The van der Waals surface area contributed by atoms with Gasteiger partial charge in [0.05, 0.1) is 19.6 Å². The molecule has 0 aliphatic heterocycles. The number of nitrogens with one attached hydrogen (secondary N) is 2. The molecular formula is C20H22N2O4. The summed E-state index contributed by atoms with van der Waals surface area (Å²) in [5.74, 6) is -0.889. The molecule has 0 aromatic heterocycles. The van der Waals surface area contributed by atoms with Gasteiger partial charge in [-0.3, -0.25) is 14.4 Å². The van der Waals surface area contributed by atoms with Crippen LogP contribution >= 0.6 is 0 Å². The van der Waals surface area contributed by atoms with Crippen LogP contribution in [0.25, 0.3) is 0 Å². The van der Waals surface area contributed by atoms with E-state index in [4.69, 9.17) is 4.74 Å². The Hall–Kier alpha value is -3.15. The smallest absolute Gasteiger partial charge is 0.307 e. The van der Waals surface area contributed by atoms with E-state index in [1.807, 2.05) is 36.4 Å². The van der Waals surface area contributed by atoms with E-state index in [1.54, 1.807) is 24.3 Å². The van der Waals surface area contributed by atoms with Gasteiger partial charge >= 0.3 is 5.97 Å². The summed E-state index contributed by atoms with van der Waals surface area (Å²) in [6.45, 7) is 0.208. The third-order valence-electron chi connectivity index (χ3n) is 3.81. The molecule has 136 valence electrons. The zero-order valence-electron chi connectivity index (χ0n) is 14.6. The maximum Gasteiger partial charge on any atom is 0.307 e. The normalized spacial score (nSPS) is 11.3. The zero-order valence-corrected chi connectivity index (χ0v) is 14.6. The Labute approximate surface area is 152 Å². The standard InChI is InChI=1S/C20H22N2O4/c1-26-19(24)14-17(15-8-4-2-5-9-15)22-18(23)12-13-21-20(25)16-10-6-3-7-11-16/h2-11,17H,12-14H2,1H3,(H,21,25)(H,22,23)/t17-/m1/s1. The number of hydrogen-bond acceptors (Lipinski definition) is 4. The van der Waals surface area contributed by atoms with Gasteiger partial charge in [-0.1, -0.05) is 48.5 Å². The van der Waals surface area contributed by atoms with E-state index in [-0.39, 0.29) is 31.2 Å². The van der Waals surface area contributed by atoms with Gasteiger partial charge in [0, 0.05) is 18.5 Å². The fourth-order valence-corrected chi connectivity index (χ4v) is 2.44. The van der Waals surface area contributed by atoms with Crippen molar-refractivity contribution in [3.8, 4) is 0 Å². The van der Waals surface area contributed by atoms with E-state index >= 15 is 0 Å². The summed E-state index contributed by atoms with van der Waals surface area (Å²) >= 11 is 0. The predicted octanol–water partition coefficient (Wildman–Crippen LogP) is 2.23. The number of carbonyl (C=O) groups is 3. The third-order valence-corrected chi connectivity index (χ3v) is 3.81. The molecule has 0 spiro atoms. The molecule has 0 fully saturated rings. The van der Waals surface area contributed by atoms with Gasteiger partial charge in [-0.05, 0) is 17.7 Å². The van der Waals surface area contributed by atoms with Crippen molar-refractivity contribution in [3.05, 3.63) is 71.8 Å². The predicted molar refractivity (Wildman–Crippen MR) is 97.4 cm³/mol. The molecule has 2 aromatic rings. The number of ether oxygens (including phenoxy) is 1. The van der Waals surface area contributed by atoms with E-state index in [9.17, 15) is 14.4 Å². The highest BCUT2D eigenvalue weighted by Crippen LogP contribution is 2.17. The highest BCUT2D eigenvalue weighted by Gasteiger charge is 2.18. The second-order valence-electron chi connectivity index (χ2n) is 5.68. The third kappa shape index (κ3) is 6.05. The summed E-state index contributed by atoms with van der Waals surface area (Å²) in [7, 11) is 1.31. The molecule has 2 N–H and O–H groups in total. The van der Waals surface area contributed by atoms with Gasteiger partial charge in [-0.15, -0.1) is 0 Å². The van der Waals surface area contributed by atoms with Crippen LogP contribution in [0.2, 0.25) is 0 Å². The summed E-state index contributed by atoms with van der Waals surface area (Å²) in [4.78, 5) is 35.8. The number of carbonyl (C=O) groups excluding carboxylic acids is 3. The lowest BCUT2D eigenvalue weighted by molar-refractivity contribution is -0.141. The molecule has 0 radical (unpaired) electrons. The minimum atomic E-state index is -0.471. The van der Waals surface area contributed by atoms with Crippen molar-refractivity contribution in [2.24, 2.45) is 0 Å². The van der Waals surface area contributed by atoms with Crippen LogP contribution in [0.4, 0.5) is 0 Å². The topological polar surface area (TPSA) is 84.5 Å². The summed E-state index contributed by atoms with van der Waals surface area (Å²) in [5.41, 5.74) is 1.36. The highest BCUT2D eigenvalue weighted by molar-refractivity contribution is 5.94. The monoisotopic (exact) mass is 354 g/mol. The first-order valence-electron chi connectivity index (χ1n) is 8.34. The molecule has 0 saturated heterocycles. The van der Waals surface area contributed by atoms with Gasteiger partial charge in [-0.25, -0.2) is 0 Å². The molecule has 26 heavy (non-hydrogen) atoms. The molecule has 0 aliphatic rings. The molecule has 0 bridgehead atoms. The summed E-state index contributed by atoms with van der Waals surface area (Å²) in [6, 6.07) is 17.5. The lowest BCUT2D eigenvalue weighted by Crippen LogP contribution is -2.34. The van der Waals surface area contributed by atoms with Crippen LogP contribution in [0.1, 0.15) is 34.8 Å². The van der Waals surface area contributed by atoms with Crippen molar-refractivity contribution in [2.75, 3.05) is 13.7 Å². The first-order valence-corrected chi connectivity index (χ1v) is 8.34. The van der Waals surface area contributed by atoms with Crippen molar-refractivity contribution in [1.82, 2.24) is 10.6 Å². The van der Waals surface area contributed by atoms with Crippen LogP contribution in [-0.2, 0) is 14.3 Å². The van der Waals surface area contributed by atoms with E-state index in [1.165, 1.54) is 7.11 Å². The zero-order chi connectivity index (χ0) is 18.8. The van der Waals surface area contributed by atoms with Gasteiger partial charge in [0.1, 0.15) is 0 Å². The quantitative estimate of drug-likeness (QED) is 0.712. The Bertz CT molecular complexity index is 732. The van der Waals surface area contributed by atoms with Gasteiger partial charge in [0.15, 0.2) is 0 Å². The largest absolute Gasteiger partial charge is 0.469 e. The minimum absolute atomic E-state index is 0.0443. The Morgan fingerprint density at radius 2 is 1.58 bits per heavy atom. The molecule has 0 saturated carbocycles. The number of benzene rings is 2. The van der Waals surface area contributed by atoms with Crippen molar-refractivity contribution in [1.29, 1.82) is 0 Å². The van der Waals surface area contributed by atoms with E-state index in [0.717, 1.165) is 5.56 Å². The molecule has 1 atom stereocenters. The van der Waals surface area contributed by atoms with Crippen molar-refractivity contribution < 1.29 is 19.1 Å². The first-order chi connectivity index (χ1) is 12.6. The number of methoxy groups -OCH3 is 1. The molecule has 6 nitrogen and oxygen atoms in total. The van der Waals surface area contributed by atoms with E-state index in [0.29, 0.717) is 5.56 Å². The Balaban J connectivity index is 1.86. The second-order valence-corrected chi connectivity index (χ2v) is 5.68. The molecule has 2 aromatic carbocycles. The maximum atomic E-state index is 12.2. The van der Waals surface area contributed by atoms with Gasteiger partial charge < -0.3 is 15.4 Å². The lowest BCUT2D eigenvalue weighted by atomic mass is 10.0. The summed E-state index contributed by atoms with van der Waals surface area (Å²) in [6.07, 6.45) is 0.158. The average Bonchev–Trinajstić information content (AvgIpc) is 2.68. The molecular weight excluding hydrogens is 332 g/mol. The van der Waals surface area contributed by atoms with Crippen molar-refractivity contribution in [3.63, 3.8) is 0 Å². The van der Waals surface area contributed by atoms with Crippen LogP contribution < -0.4 is 10.6 Å². The van der Waals surface area contributed by atoms with Crippen LogP contribution in [0.15, 0.2) is 60.7 Å². The number of rotatable bonds is 8. The number of amides is 2. The number of esters is 1. The molecule has 2 amide bonds. The Morgan fingerprint density at radius 3 is 2.19 bits per heavy atom. The molecule has 0 unspecified atom stereocenters. The first kappa shape index (κ1) is 19.2. The molecule has 0 aliphatic carbocycles. The summed E-state index contributed by atoms with van der Waals surface area (Å²) < 4.78 is 4.70. The van der Waals surface area contributed by atoms with E-state index < -0.39 is 12.0 Å². The van der Waals surface area contributed by atoms with Crippen LogP contribution in [0.3, 0.4) is 0 Å². The van der Waals surface area contributed by atoms with Gasteiger partial charge in [0.25, 0.3) is 5.91 Å². The van der Waals surface area contributed by atoms with Crippen molar-refractivity contribution in [2.45, 2.75) is 18.9 Å². The molecule has 0 heterocycles. The lowest BCUT2D eigenvalue weighted by Gasteiger charge is -2.18. The Kier molecular flexibility index (Phi) is 7.36.